The van der Waals surface area contributed by atoms with Crippen LogP contribution in [0.15, 0.2) is 93.7 Å². The monoisotopic (exact) mass is 487 g/mol. The zero-order chi connectivity index (χ0) is 23.5. The van der Waals surface area contributed by atoms with Crippen LogP contribution < -0.4 is 5.73 Å². The van der Waals surface area contributed by atoms with Gasteiger partial charge in [0.25, 0.3) is 0 Å². The number of allylic oxidation sites excluding steroid dienone is 1. The fourth-order valence-electron chi connectivity index (χ4n) is 4.14. The first kappa shape index (κ1) is 22.0. The minimum atomic E-state index is -0.418. The summed E-state index contributed by atoms with van der Waals surface area (Å²) in [7, 11) is 0. The molecule has 1 unspecified atom stereocenters. The molecule has 1 atom stereocenters. The van der Waals surface area contributed by atoms with E-state index in [1.54, 1.807) is 27.6 Å². The van der Waals surface area contributed by atoms with Gasteiger partial charge in [0.1, 0.15) is 24.0 Å². The van der Waals surface area contributed by atoms with Crippen molar-refractivity contribution in [3.8, 4) is 6.07 Å². The van der Waals surface area contributed by atoms with Gasteiger partial charge in [0.15, 0.2) is 0 Å². The van der Waals surface area contributed by atoms with Crippen LogP contribution in [0.5, 0.6) is 0 Å². The third-order valence-corrected chi connectivity index (χ3v) is 7.45. The SMILES string of the molecule is N#CC1=C(N)OC2=C(CN(C(=O)OCc3ccccc3)C/C2=C\c2cccs2)C1c1cccs1. The summed E-state index contributed by atoms with van der Waals surface area (Å²) in [6, 6.07) is 19.7. The van der Waals surface area contributed by atoms with Crippen LogP contribution in [0.1, 0.15) is 21.2 Å². The number of carbonyl (C=O) groups is 1. The second kappa shape index (κ2) is 9.59. The van der Waals surface area contributed by atoms with Crippen molar-refractivity contribution in [1.82, 2.24) is 4.90 Å². The van der Waals surface area contributed by atoms with Gasteiger partial charge in [0, 0.05) is 20.9 Å². The largest absolute Gasteiger partial charge is 0.445 e. The van der Waals surface area contributed by atoms with E-state index < -0.39 is 6.09 Å². The summed E-state index contributed by atoms with van der Waals surface area (Å²) in [5, 5.41) is 13.8. The number of hydrogen-bond donors (Lipinski definition) is 1. The predicted molar refractivity (Wildman–Crippen MR) is 132 cm³/mol. The number of benzene rings is 1. The van der Waals surface area contributed by atoms with Crippen molar-refractivity contribution in [2.75, 3.05) is 13.1 Å². The van der Waals surface area contributed by atoms with E-state index in [0.717, 1.165) is 26.5 Å². The van der Waals surface area contributed by atoms with Crippen LogP contribution in [-0.4, -0.2) is 24.1 Å². The quantitative estimate of drug-likeness (QED) is 0.517. The molecular weight excluding hydrogens is 466 g/mol. The molecule has 2 aliphatic heterocycles. The van der Waals surface area contributed by atoms with Crippen LogP contribution in [0.25, 0.3) is 6.08 Å². The topological polar surface area (TPSA) is 88.6 Å². The lowest BCUT2D eigenvalue weighted by atomic mass is 9.84. The Bertz CT molecular complexity index is 1320. The number of amides is 1. The number of nitriles is 1. The van der Waals surface area contributed by atoms with Gasteiger partial charge in [-0.05, 0) is 34.5 Å². The van der Waals surface area contributed by atoms with Crippen molar-refractivity contribution >= 4 is 34.8 Å². The molecule has 4 heterocycles. The summed E-state index contributed by atoms with van der Waals surface area (Å²) in [5.41, 5.74) is 9.14. The van der Waals surface area contributed by atoms with Gasteiger partial charge in [0.05, 0.1) is 19.0 Å². The van der Waals surface area contributed by atoms with Crippen molar-refractivity contribution < 1.29 is 14.3 Å². The molecule has 0 spiro atoms. The van der Waals surface area contributed by atoms with E-state index in [9.17, 15) is 10.1 Å². The number of thiophene rings is 2. The Morgan fingerprint density at radius 1 is 1.15 bits per heavy atom. The average molecular weight is 488 g/mol. The lowest BCUT2D eigenvalue weighted by molar-refractivity contribution is 0.0983. The van der Waals surface area contributed by atoms with Crippen LogP contribution in [0.3, 0.4) is 0 Å². The Morgan fingerprint density at radius 2 is 1.94 bits per heavy atom. The summed E-state index contributed by atoms with van der Waals surface area (Å²) in [6.07, 6.45) is 1.59. The van der Waals surface area contributed by atoms with Gasteiger partial charge in [-0.2, -0.15) is 5.26 Å². The molecule has 170 valence electrons. The summed E-state index contributed by atoms with van der Waals surface area (Å²) in [5.74, 6) is 0.373. The zero-order valence-corrected chi connectivity index (χ0v) is 19.8. The summed E-state index contributed by atoms with van der Waals surface area (Å²) in [6.45, 7) is 0.787. The van der Waals surface area contributed by atoms with E-state index in [1.165, 1.54) is 0 Å². The van der Waals surface area contributed by atoms with E-state index in [2.05, 4.69) is 6.07 Å². The maximum absolute atomic E-state index is 13.1. The molecule has 0 fully saturated rings. The zero-order valence-electron chi connectivity index (χ0n) is 18.1. The van der Waals surface area contributed by atoms with E-state index in [4.69, 9.17) is 15.2 Å². The van der Waals surface area contributed by atoms with Gasteiger partial charge in [-0.3, -0.25) is 4.90 Å². The Hall–Kier alpha value is -3.80. The number of rotatable bonds is 4. The van der Waals surface area contributed by atoms with Crippen molar-refractivity contribution in [3.63, 3.8) is 0 Å². The molecule has 34 heavy (non-hydrogen) atoms. The Morgan fingerprint density at radius 3 is 2.65 bits per heavy atom. The molecule has 0 radical (unpaired) electrons. The summed E-state index contributed by atoms with van der Waals surface area (Å²) in [4.78, 5) is 16.8. The van der Waals surface area contributed by atoms with Gasteiger partial charge in [-0.1, -0.05) is 42.5 Å². The van der Waals surface area contributed by atoms with E-state index >= 15 is 0 Å². The number of nitrogens with two attached hydrogens (primary N) is 1. The fraction of sp³-hybridized carbons (Fsp3) is 0.154. The molecule has 5 rings (SSSR count). The van der Waals surface area contributed by atoms with Crippen LogP contribution in [0, 0.1) is 11.3 Å². The number of hydrogen-bond acceptors (Lipinski definition) is 7. The average Bonchev–Trinajstić information content (AvgIpc) is 3.57. The van der Waals surface area contributed by atoms with Crippen molar-refractivity contribution in [2.45, 2.75) is 12.5 Å². The number of carbonyl (C=O) groups excluding carboxylic acids is 1. The number of ether oxygens (including phenoxy) is 2. The lowest BCUT2D eigenvalue weighted by Crippen LogP contribution is -2.41. The van der Waals surface area contributed by atoms with Crippen LogP contribution >= 0.6 is 22.7 Å². The first-order valence-electron chi connectivity index (χ1n) is 10.7. The molecule has 0 saturated carbocycles. The first-order valence-corrected chi connectivity index (χ1v) is 12.4. The van der Waals surface area contributed by atoms with Gasteiger partial charge in [-0.15, -0.1) is 22.7 Å². The highest BCUT2D eigenvalue weighted by Gasteiger charge is 2.39. The molecule has 0 aliphatic carbocycles. The third kappa shape index (κ3) is 4.36. The molecule has 2 N–H and O–H groups in total. The van der Waals surface area contributed by atoms with Crippen molar-refractivity contribution in [2.24, 2.45) is 5.73 Å². The Kier molecular flexibility index (Phi) is 6.21. The number of nitrogens with zero attached hydrogens (tertiary/aromatic N) is 2. The molecule has 3 aromatic rings. The molecule has 0 saturated heterocycles. The van der Waals surface area contributed by atoms with Crippen LogP contribution in [-0.2, 0) is 16.1 Å². The van der Waals surface area contributed by atoms with E-state index in [-0.39, 0.29) is 25.0 Å². The van der Waals surface area contributed by atoms with Gasteiger partial charge < -0.3 is 15.2 Å². The molecule has 1 aromatic carbocycles. The van der Waals surface area contributed by atoms with Gasteiger partial charge in [-0.25, -0.2) is 4.79 Å². The van der Waals surface area contributed by atoms with Crippen LogP contribution in [0.4, 0.5) is 4.79 Å². The molecule has 6 nitrogen and oxygen atoms in total. The standard InChI is InChI=1S/C26H21N3O3S2/c27-13-20-23(22-9-5-11-34-22)21-15-29(26(30)31-16-17-6-2-1-3-7-17)14-18(24(21)32-25(20)28)12-19-8-4-10-33-19/h1-12,23H,14-16,28H2/b18-12+. The highest BCUT2D eigenvalue weighted by Crippen LogP contribution is 2.45. The van der Waals surface area contributed by atoms with E-state index in [1.807, 2.05) is 71.4 Å². The molecular formula is C26H21N3O3S2. The van der Waals surface area contributed by atoms with Crippen molar-refractivity contribution in [1.29, 1.82) is 5.26 Å². The summed E-state index contributed by atoms with van der Waals surface area (Å²) < 4.78 is 11.6. The second-order valence-electron chi connectivity index (χ2n) is 7.88. The predicted octanol–water partition coefficient (Wildman–Crippen LogP) is 5.61. The highest BCUT2D eigenvalue weighted by atomic mass is 32.1. The van der Waals surface area contributed by atoms with Gasteiger partial charge in [0.2, 0.25) is 5.88 Å². The Balaban J connectivity index is 1.51. The second-order valence-corrected chi connectivity index (χ2v) is 9.83. The van der Waals surface area contributed by atoms with Crippen LogP contribution in [0.2, 0.25) is 0 Å². The fourth-order valence-corrected chi connectivity index (χ4v) is 5.69. The highest BCUT2D eigenvalue weighted by molar-refractivity contribution is 7.10. The van der Waals surface area contributed by atoms with Crippen molar-refractivity contribution in [3.05, 3.63) is 109 Å². The Labute approximate surface area is 205 Å². The minimum Gasteiger partial charge on any atom is -0.445 e. The lowest BCUT2D eigenvalue weighted by Gasteiger charge is -2.37. The minimum absolute atomic E-state index is 0.108. The summed E-state index contributed by atoms with van der Waals surface area (Å²) >= 11 is 3.14. The maximum atomic E-state index is 13.1. The first-order chi connectivity index (χ1) is 16.6. The molecule has 1 amide bonds. The smallest absolute Gasteiger partial charge is 0.410 e. The maximum Gasteiger partial charge on any atom is 0.410 e. The van der Waals surface area contributed by atoms with Gasteiger partial charge >= 0.3 is 6.09 Å². The normalized spacial score (nSPS) is 19.0. The van der Waals surface area contributed by atoms with E-state index in [0.29, 0.717) is 17.9 Å². The molecule has 0 bridgehead atoms. The molecule has 8 heteroatoms. The third-order valence-electron chi connectivity index (χ3n) is 5.69. The molecule has 2 aliphatic rings. The molecule has 2 aromatic heterocycles.